The largest absolute Gasteiger partial charge is 0.409 e. The lowest BCUT2D eigenvalue weighted by Gasteiger charge is -2.14. The van der Waals surface area contributed by atoms with E-state index in [2.05, 4.69) is 24.0 Å². The Morgan fingerprint density at radius 2 is 2.22 bits per heavy atom. The van der Waals surface area contributed by atoms with E-state index >= 15 is 0 Å². The zero-order valence-electron chi connectivity index (χ0n) is 10.6. The van der Waals surface area contributed by atoms with Gasteiger partial charge < -0.3 is 8.98 Å². The Labute approximate surface area is 109 Å². The normalized spacial score (nSPS) is 11.1. The Morgan fingerprint density at radius 1 is 1.50 bits per heavy atom. The van der Waals surface area contributed by atoms with Gasteiger partial charge in [-0.15, -0.1) is 5.10 Å². The molecule has 96 valence electrons. The zero-order valence-corrected chi connectivity index (χ0v) is 11.4. The van der Waals surface area contributed by atoms with Crippen LogP contribution >= 0.6 is 12.2 Å². The molecule has 2 aromatic rings. The van der Waals surface area contributed by atoms with Gasteiger partial charge in [-0.25, -0.2) is 5.10 Å². The van der Waals surface area contributed by atoms with Gasteiger partial charge in [-0.1, -0.05) is 13.8 Å². The molecule has 0 amide bonds. The average molecular weight is 265 g/mol. The van der Waals surface area contributed by atoms with Crippen molar-refractivity contribution in [2.75, 3.05) is 0 Å². The summed E-state index contributed by atoms with van der Waals surface area (Å²) in [5.41, 5.74) is 1.32. The van der Waals surface area contributed by atoms with E-state index in [1.54, 1.807) is 10.6 Å². The van der Waals surface area contributed by atoms with Crippen LogP contribution in [0.25, 0.3) is 11.5 Å². The first-order chi connectivity index (χ1) is 8.54. The van der Waals surface area contributed by atoms with Crippen LogP contribution in [0.4, 0.5) is 0 Å². The van der Waals surface area contributed by atoms with Gasteiger partial charge in [-0.05, 0) is 37.2 Å². The van der Waals surface area contributed by atoms with Gasteiger partial charge in [0.05, 0.1) is 0 Å². The lowest BCUT2D eigenvalue weighted by atomic mass is 10.1. The van der Waals surface area contributed by atoms with Crippen molar-refractivity contribution < 1.29 is 4.42 Å². The van der Waals surface area contributed by atoms with Crippen LogP contribution < -0.4 is 5.56 Å². The molecule has 0 bridgehead atoms. The maximum Gasteiger partial charge on any atom is 0.284 e. The maximum absolute atomic E-state index is 12.4. The van der Waals surface area contributed by atoms with Gasteiger partial charge in [-0.3, -0.25) is 4.79 Å². The third-order valence-corrected chi connectivity index (χ3v) is 2.96. The van der Waals surface area contributed by atoms with Crippen LogP contribution in [0.3, 0.4) is 0 Å². The molecular formula is C12H15N3O2S. The molecule has 2 rings (SSSR count). The lowest BCUT2D eigenvalue weighted by molar-refractivity contribution is 0.548. The third-order valence-electron chi connectivity index (χ3n) is 2.78. The molecule has 0 saturated carbocycles. The van der Waals surface area contributed by atoms with E-state index in [4.69, 9.17) is 16.6 Å². The number of nitrogens with one attached hydrogen (secondary N) is 1. The quantitative estimate of drug-likeness (QED) is 0.867. The summed E-state index contributed by atoms with van der Waals surface area (Å²) in [5.74, 6) is 0.528. The number of nitrogens with zero attached hydrogens (tertiary/aromatic N) is 2. The highest BCUT2D eigenvalue weighted by atomic mass is 32.1. The minimum atomic E-state index is -0.103. The first-order valence-corrected chi connectivity index (χ1v) is 6.25. The fourth-order valence-electron chi connectivity index (χ4n) is 1.93. The van der Waals surface area contributed by atoms with Crippen molar-refractivity contribution in [3.8, 4) is 11.5 Å². The van der Waals surface area contributed by atoms with Crippen LogP contribution in [-0.2, 0) is 6.54 Å². The summed E-state index contributed by atoms with van der Waals surface area (Å²) >= 11 is 4.81. The molecule has 0 atom stereocenters. The molecule has 2 aromatic heterocycles. The molecule has 18 heavy (non-hydrogen) atoms. The number of hydrogen-bond donors (Lipinski definition) is 1. The molecule has 0 aliphatic heterocycles. The van der Waals surface area contributed by atoms with E-state index in [9.17, 15) is 4.79 Å². The monoisotopic (exact) mass is 265 g/mol. The Morgan fingerprint density at radius 3 is 2.72 bits per heavy atom. The van der Waals surface area contributed by atoms with Gasteiger partial charge in [0.2, 0.25) is 0 Å². The van der Waals surface area contributed by atoms with Crippen molar-refractivity contribution in [1.29, 1.82) is 0 Å². The van der Waals surface area contributed by atoms with E-state index < -0.39 is 0 Å². The van der Waals surface area contributed by atoms with Crippen LogP contribution in [0, 0.1) is 4.84 Å². The molecule has 0 aliphatic carbocycles. The van der Waals surface area contributed by atoms with Gasteiger partial charge in [0.25, 0.3) is 16.3 Å². The Kier molecular flexibility index (Phi) is 3.47. The van der Waals surface area contributed by atoms with Crippen molar-refractivity contribution in [2.45, 2.75) is 33.2 Å². The number of pyridine rings is 1. The summed E-state index contributed by atoms with van der Waals surface area (Å²) in [6, 6.07) is 3.66. The summed E-state index contributed by atoms with van der Waals surface area (Å²) in [5, 5.41) is 6.41. The molecule has 0 aliphatic rings. The van der Waals surface area contributed by atoms with Crippen molar-refractivity contribution in [3.63, 3.8) is 0 Å². The number of aromatic amines is 1. The predicted octanol–water partition coefficient (Wildman–Crippen LogP) is 2.70. The van der Waals surface area contributed by atoms with Crippen molar-refractivity contribution >= 4 is 12.2 Å². The van der Waals surface area contributed by atoms with Gasteiger partial charge in [0.1, 0.15) is 5.56 Å². The van der Waals surface area contributed by atoms with Crippen LogP contribution in [-0.4, -0.2) is 14.8 Å². The minimum Gasteiger partial charge on any atom is -0.409 e. The molecule has 0 radical (unpaired) electrons. The topological polar surface area (TPSA) is 63.8 Å². The first-order valence-electron chi connectivity index (χ1n) is 5.84. The number of hydrogen-bond acceptors (Lipinski definition) is 4. The average Bonchev–Trinajstić information content (AvgIpc) is 2.75. The maximum atomic E-state index is 12.4. The molecule has 1 N–H and O–H groups in total. The lowest BCUT2D eigenvalue weighted by Crippen LogP contribution is -2.24. The summed E-state index contributed by atoms with van der Waals surface area (Å²) < 4.78 is 6.91. The van der Waals surface area contributed by atoms with Crippen LogP contribution in [0.5, 0.6) is 0 Å². The van der Waals surface area contributed by atoms with E-state index in [0.29, 0.717) is 12.1 Å². The second-order valence-electron chi connectivity index (χ2n) is 4.29. The highest BCUT2D eigenvalue weighted by Gasteiger charge is 2.14. The fraction of sp³-hybridized carbons (Fsp3) is 0.417. The molecule has 2 heterocycles. The SMILES string of the molecule is CCn1c(C(C)C)ccc(-c2n[nH]c(=S)o2)c1=O. The van der Waals surface area contributed by atoms with E-state index in [-0.39, 0.29) is 22.2 Å². The molecular weight excluding hydrogens is 250 g/mol. The number of H-pyrrole nitrogens is 1. The smallest absolute Gasteiger partial charge is 0.284 e. The summed E-state index contributed by atoms with van der Waals surface area (Å²) in [6.07, 6.45) is 0. The summed E-state index contributed by atoms with van der Waals surface area (Å²) in [6.45, 7) is 6.67. The molecule has 5 nitrogen and oxygen atoms in total. The molecule has 0 aromatic carbocycles. The van der Waals surface area contributed by atoms with Crippen molar-refractivity contribution in [2.24, 2.45) is 0 Å². The first kappa shape index (κ1) is 12.8. The van der Waals surface area contributed by atoms with Gasteiger partial charge in [-0.2, -0.15) is 0 Å². The van der Waals surface area contributed by atoms with Crippen LogP contribution in [0.2, 0.25) is 0 Å². The highest BCUT2D eigenvalue weighted by Crippen LogP contribution is 2.17. The minimum absolute atomic E-state index is 0.103. The van der Waals surface area contributed by atoms with Crippen molar-refractivity contribution in [1.82, 2.24) is 14.8 Å². The second-order valence-corrected chi connectivity index (χ2v) is 4.67. The second kappa shape index (κ2) is 4.89. The molecule has 0 saturated heterocycles. The Bertz CT molecular complexity index is 666. The van der Waals surface area contributed by atoms with Gasteiger partial charge in [0.15, 0.2) is 0 Å². The third kappa shape index (κ3) is 2.15. The molecule has 0 unspecified atom stereocenters. The van der Waals surface area contributed by atoms with Crippen LogP contribution in [0.1, 0.15) is 32.4 Å². The van der Waals surface area contributed by atoms with Gasteiger partial charge >= 0.3 is 0 Å². The van der Waals surface area contributed by atoms with Crippen molar-refractivity contribution in [3.05, 3.63) is 33.0 Å². The van der Waals surface area contributed by atoms with Gasteiger partial charge in [0, 0.05) is 12.2 Å². The Hall–Kier alpha value is -1.69. The molecule has 6 heteroatoms. The van der Waals surface area contributed by atoms with E-state index in [1.807, 2.05) is 13.0 Å². The predicted molar refractivity (Wildman–Crippen MR) is 71.1 cm³/mol. The molecule has 0 fully saturated rings. The summed E-state index contributed by atoms with van der Waals surface area (Å²) in [7, 11) is 0. The number of aromatic nitrogens is 3. The van der Waals surface area contributed by atoms with E-state index in [0.717, 1.165) is 5.69 Å². The summed E-state index contributed by atoms with van der Waals surface area (Å²) in [4.78, 5) is 12.5. The van der Waals surface area contributed by atoms with Crippen LogP contribution in [0.15, 0.2) is 21.3 Å². The van der Waals surface area contributed by atoms with E-state index in [1.165, 1.54) is 0 Å². The standard InChI is InChI=1S/C12H15N3O2S/c1-4-15-9(7(2)3)6-5-8(11(15)16)10-13-14-12(18)17-10/h5-7H,4H2,1-3H3,(H,14,18). The highest BCUT2D eigenvalue weighted by molar-refractivity contribution is 7.71. The number of rotatable bonds is 3. The Balaban J connectivity index is 2.65. The molecule has 0 spiro atoms. The fourth-order valence-corrected chi connectivity index (χ4v) is 2.06. The zero-order chi connectivity index (χ0) is 13.3.